The molecular formula is C18H24ClNO3. The molecule has 0 aromatic heterocycles. The van der Waals surface area contributed by atoms with E-state index in [-0.39, 0.29) is 24.0 Å². The number of amides is 1. The topological polar surface area (TPSA) is 49.8 Å². The molecule has 0 atom stereocenters. The lowest BCUT2D eigenvalue weighted by molar-refractivity contribution is -0.136. The van der Waals surface area contributed by atoms with Gasteiger partial charge in [0.15, 0.2) is 0 Å². The minimum absolute atomic E-state index is 0.168. The molecule has 1 N–H and O–H groups in total. The Balaban J connectivity index is 1.56. The minimum Gasteiger partial charge on any atom is -0.396 e. The zero-order chi connectivity index (χ0) is 16.3. The third-order valence-corrected chi connectivity index (χ3v) is 5.19. The summed E-state index contributed by atoms with van der Waals surface area (Å²) in [6.45, 7) is 2.29. The summed E-state index contributed by atoms with van der Waals surface area (Å²) in [7, 11) is 0. The lowest BCUT2D eigenvalue weighted by Gasteiger charge is -2.34. The van der Waals surface area contributed by atoms with Gasteiger partial charge in [0, 0.05) is 31.3 Å². The molecule has 3 rings (SSSR count). The van der Waals surface area contributed by atoms with Gasteiger partial charge in [0.2, 0.25) is 5.91 Å². The van der Waals surface area contributed by atoms with E-state index in [1.807, 2.05) is 29.2 Å². The molecule has 2 fully saturated rings. The van der Waals surface area contributed by atoms with Gasteiger partial charge < -0.3 is 14.7 Å². The summed E-state index contributed by atoms with van der Waals surface area (Å²) in [6, 6.07) is 7.70. The predicted molar refractivity (Wildman–Crippen MR) is 89.6 cm³/mol. The van der Waals surface area contributed by atoms with Crippen molar-refractivity contribution >= 4 is 17.5 Å². The third kappa shape index (κ3) is 3.70. The number of aliphatic hydroxyl groups excluding tert-OH is 1. The molecule has 126 valence electrons. The van der Waals surface area contributed by atoms with Gasteiger partial charge in [-0.15, -0.1) is 0 Å². The van der Waals surface area contributed by atoms with Gasteiger partial charge in [-0.2, -0.15) is 0 Å². The van der Waals surface area contributed by atoms with Gasteiger partial charge in [0.1, 0.15) is 0 Å². The Hall–Kier alpha value is -1.10. The molecule has 0 bridgehead atoms. The summed E-state index contributed by atoms with van der Waals surface area (Å²) in [6.07, 6.45) is 4.53. The maximum absolute atomic E-state index is 13.0. The molecule has 1 aromatic rings. The number of likely N-dealkylation sites (tertiary alicyclic amines) is 1. The van der Waals surface area contributed by atoms with E-state index >= 15 is 0 Å². The van der Waals surface area contributed by atoms with Crippen LogP contribution in [0.5, 0.6) is 0 Å². The van der Waals surface area contributed by atoms with Crippen molar-refractivity contribution in [3.63, 3.8) is 0 Å². The first-order chi connectivity index (χ1) is 11.2. The molecule has 5 heteroatoms. The number of rotatable bonds is 6. The van der Waals surface area contributed by atoms with Crippen LogP contribution in [-0.2, 0) is 14.9 Å². The number of carbonyl (C=O) groups excluding carboxylic acids is 1. The Morgan fingerprint density at radius 3 is 2.48 bits per heavy atom. The number of carbonyl (C=O) groups is 1. The van der Waals surface area contributed by atoms with Crippen LogP contribution in [0.25, 0.3) is 0 Å². The van der Waals surface area contributed by atoms with Crippen LogP contribution in [-0.4, -0.2) is 48.3 Å². The van der Waals surface area contributed by atoms with Crippen LogP contribution in [0.4, 0.5) is 0 Å². The number of ether oxygens (including phenoxy) is 1. The van der Waals surface area contributed by atoms with Crippen LogP contribution in [0, 0.1) is 0 Å². The molecule has 1 aliphatic carbocycles. The van der Waals surface area contributed by atoms with E-state index < -0.39 is 0 Å². The second-order valence-electron chi connectivity index (χ2n) is 6.53. The van der Waals surface area contributed by atoms with Gasteiger partial charge in [0.05, 0.1) is 11.5 Å². The molecule has 2 aliphatic rings. The molecule has 0 unspecified atom stereocenters. The first-order valence-corrected chi connectivity index (χ1v) is 8.81. The van der Waals surface area contributed by atoms with Crippen LogP contribution in [0.3, 0.4) is 0 Å². The Kier molecular flexibility index (Phi) is 5.24. The third-order valence-electron chi connectivity index (χ3n) is 4.94. The van der Waals surface area contributed by atoms with Crippen molar-refractivity contribution in [1.82, 2.24) is 4.90 Å². The highest BCUT2D eigenvalue weighted by Gasteiger charge is 2.53. The number of halogens is 1. The van der Waals surface area contributed by atoms with Crippen molar-refractivity contribution in [3.05, 3.63) is 34.9 Å². The zero-order valence-corrected chi connectivity index (χ0v) is 14.1. The van der Waals surface area contributed by atoms with Crippen LogP contribution >= 0.6 is 11.6 Å². The molecule has 0 radical (unpaired) electrons. The number of benzene rings is 1. The standard InChI is InChI=1S/C18H24ClNO3/c19-15-4-2-14(3-5-15)18(8-9-18)17(22)20-10-6-16(7-11-20)23-13-1-12-21/h2-5,16,21H,1,6-13H2. The molecule has 1 aromatic carbocycles. The number of piperidine rings is 1. The lowest BCUT2D eigenvalue weighted by Crippen LogP contribution is -2.45. The van der Waals surface area contributed by atoms with Gasteiger partial charge in [-0.25, -0.2) is 0 Å². The maximum Gasteiger partial charge on any atom is 0.233 e. The van der Waals surface area contributed by atoms with E-state index in [1.54, 1.807) is 0 Å². The quantitative estimate of drug-likeness (QED) is 0.812. The van der Waals surface area contributed by atoms with E-state index in [0.29, 0.717) is 18.1 Å². The Labute approximate surface area is 142 Å². The highest BCUT2D eigenvalue weighted by atomic mass is 35.5. The number of hydrogen-bond acceptors (Lipinski definition) is 3. The average Bonchev–Trinajstić information content (AvgIpc) is 3.38. The van der Waals surface area contributed by atoms with Crippen molar-refractivity contribution in [1.29, 1.82) is 0 Å². The molecule has 1 saturated carbocycles. The molecule has 1 amide bonds. The Morgan fingerprint density at radius 2 is 1.91 bits per heavy atom. The Morgan fingerprint density at radius 1 is 1.26 bits per heavy atom. The van der Waals surface area contributed by atoms with E-state index in [0.717, 1.165) is 44.3 Å². The Bertz CT molecular complexity index is 534. The van der Waals surface area contributed by atoms with Crippen molar-refractivity contribution in [2.45, 2.75) is 43.6 Å². The molecule has 1 aliphatic heterocycles. The number of aliphatic hydroxyl groups is 1. The number of hydrogen-bond donors (Lipinski definition) is 1. The minimum atomic E-state index is -0.310. The first-order valence-electron chi connectivity index (χ1n) is 8.43. The SMILES string of the molecule is O=C(N1CCC(OCCCO)CC1)C1(c2ccc(Cl)cc2)CC1. The van der Waals surface area contributed by atoms with E-state index in [2.05, 4.69) is 0 Å². The molecular weight excluding hydrogens is 314 g/mol. The second-order valence-corrected chi connectivity index (χ2v) is 6.96. The molecule has 4 nitrogen and oxygen atoms in total. The maximum atomic E-state index is 13.0. The summed E-state index contributed by atoms with van der Waals surface area (Å²) in [5.41, 5.74) is 0.781. The fourth-order valence-electron chi connectivity index (χ4n) is 3.36. The summed E-state index contributed by atoms with van der Waals surface area (Å²) >= 11 is 5.95. The van der Waals surface area contributed by atoms with Gasteiger partial charge in [-0.1, -0.05) is 23.7 Å². The fourth-order valence-corrected chi connectivity index (χ4v) is 3.49. The average molecular weight is 338 g/mol. The van der Waals surface area contributed by atoms with Crippen LogP contribution < -0.4 is 0 Å². The normalized spacial score (nSPS) is 20.5. The van der Waals surface area contributed by atoms with Crippen molar-refractivity contribution in [2.75, 3.05) is 26.3 Å². The summed E-state index contributed by atoms with van der Waals surface area (Å²) in [5.74, 6) is 0.258. The second kappa shape index (κ2) is 7.20. The van der Waals surface area contributed by atoms with Crippen molar-refractivity contribution in [2.24, 2.45) is 0 Å². The van der Waals surface area contributed by atoms with Gasteiger partial charge in [-0.05, 0) is 49.8 Å². The van der Waals surface area contributed by atoms with E-state index in [1.165, 1.54) is 0 Å². The van der Waals surface area contributed by atoms with Gasteiger partial charge in [0.25, 0.3) is 0 Å². The molecule has 1 heterocycles. The van der Waals surface area contributed by atoms with Crippen LogP contribution in [0.1, 0.15) is 37.7 Å². The highest BCUT2D eigenvalue weighted by Crippen LogP contribution is 2.50. The smallest absolute Gasteiger partial charge is 0.233 e. The van der Waals surface area contributed by atoms with Crippen LogP contribution in [0.15, 0.2) is 24.3 Å². The van der Waals surface area contributed by atoms with Crippen molar-refractivity contribution in [3.8, 4) is 0 Å². The lowest BCUT2D eigenvalue weighted by atomic mass is 9.93. The highest BCUT2D eigenvalue weighted by molar-refractivity contribution is 6.30. The zero-order valence-electron chi connectivity index (χ0n) is 13.3. The summed E-state index contributed by atoms with van der Waals surface area (Å²) < 4.78 is 5.74. The number of nitrogens with zero attached hydrogens (tertiary/aromatic N) is 1. The molecule has 1 saturated heterocycles. The van der Waals surface area contributed by atoms with E-state index in [9.17, 15) is 4.79 Å². The first kappa shape index (κ1) is 16.7. The fraction of sp³-hybridized carbons (Fsp3) is 0.611. The monoisotopic (exact) mass is 337 g/mol. The largest absolute Gasteiger partial charge is 0.396 e. The molecule has 0 spiro atoms. The summed E-state index contributed by atoms with van der Waals surface area (Å²) in [5, 5.41) is 9.50. The molecule has 23 heavy (non-hydrogen) atoms. The van der Waals surface area contributed by atoms with Crippen molar-refractivity contribution < 1.29 is 14.6 Å². The van der Waals surface area contributed by atoms with Gasteiger partial charge >= 0.3 is 0 Å². The summed E-state index contributed by atoms with van der Waals surface area (Å²) in [4.78, 5) is 14.9. The van der Waals surface area contributed by atoms with Gasteiger partial charge in [-0.3, -0.25) is 4.79 Å². The van der Waals surface area contributed by atoms with E-state index in [4.69, 9.17) is 21.4 Å². The van der Waals surface area contributed by atoms with Crippen LogP contribution in [0.2, 0.25) is 5.02 Å². The predicted octanol–water partition coefficient (Wildman–Crippen LogP) is 2.76.